The van der Waals surface area contributed by atoms with E-state index in [-0.39, 0.29) is 24.0 Å². The molecule has 3 rings (SSSR count). The standard InChI is InChI=1S/C25H29ClFNO4.C2H6.CH2O2/c1-15-13-18(14-20(27)21(15)23(30)16-5-7-19(26)8-6-16)22(29)17-9-11-28(12-10-17)24(31)32-25(2,3)4;1-2;2-1-3/h5-8,13-14,17,22,29H,9-12H2,1-4H3;1-2H3;1H,(H,2,3). The maximum atomic E-state index is 15.0. The molecule has 2 N–H and O–H groups in total. The molecule has 0 radical (unpaired) electrons. The van der Waals surface area contributed by atoms with E-state index in [4.69, 9.17) is 26.2 Å². The van der Waals surface area contributed by atoms with Crippen molar-refractivity contribution in [2.24, 2.45) is 5.92 Å². The Hall–Kier alpha value is -2.97. The van der Waals surface area contributed by atoms with E-state index in [9.17, 15) is 19.1 Å². The number of hydrogen-bond donors (Lipinski definition) is 2. The lowest BCUT2D eigenvalue weighted by molar-refractivity contribution is -0.122. The van der Waals surface area contributed by atoms with Crippen molar-refractivity contribution < 1.29 is 33.7 Å². The second kappa shape index (κ2) is 14.7. The van der Waals surface area contributed by atoms with Gasteiger partial charge in [0.1, 0.15) is 11.4 Å². The number of rotatable bonds is 4. The number of ether oxygens (including phenoxy) is 1. The number of aliphatic hydroxyl groups is 1. The van der Waals surface area contributed by atoms with E-state index in [2.05, 4.69) is 0 Å². The molecule has 1 aliphatic rings. The van der Waals surface area contributed by atoms with E-state index in [1.54, 1.807) is 42.2 Å². The fraction of sp³-hybridized carbons (Fsp3) is 0.464. The van der Waals surface area contributed by atoms with Crippen molar-refractivity contribution in [1.29, 1.82) is 0 Å². The largest absolute Gasteiger partial charge is 0.483 e. The van der Waals surface area contributed by atoms with E-state index in [0.717, 1.165) is 0 Å². The molecule has 1 heterocycles. The van der Waals surface area contributed by atoms with Gasteiger partial charge in [0.25, 0.3) is 6.47 Å². The van der Waals surface area contributed by atoms with Crippen LogP contribution in [0.2, 0.25) is 5.02 Å². The highest BCUT2D eigenvalue weighted by Gasteiger charge is 2.31. The highest BCUT2D eigenvalue weighted by molar-refractivity contribution is 6.30. The lowest BCUT2D eigenvalue weighted by atomic mass is 9.86. The summed E-state index contributed by atoms with van der Waals surface area (Å²) in [4.78, 5) is 35.0. The Kier molecular flexibility index (Phi) is 12.7. The zero-order valence-corrected chi connectivity index (χ0v) is 23.0. The third kappa shape index (κ3) is 9.44. The normalized spacial score (nSPS) is 14.4. The third-order valence-corrected chi connectivity index (χ3v) is 5.87. The fourth-order valence-corrected chi connectivity index (χ4v) is 4.10. The van der Waals surface area contributed by atoms with Crippen LogP contribution < -0.4 is 0 Å². The summed E-state index contributed by atoms with van der Waals surface area (Å²) in [5, 5.41) is 18.3. The molecule has 0 bridgehead atoms. The van der Waals surface area contributed by atoms with Gasteiger partial charge in [0.15, 0.2) is 5.78 Å². The first kappa shape index (κ1) is 32.1. The van der Waals surface area contributed by atoms with Crippen molar-refractivity contribution in [2.75, 3.05) is 13.1 Å². The summed E-state index contributed by atoms with van der Waals surface area (Å²) < 4.78 is 20.4. The number of carbonyl (C=O) groups is 3. The number of benzene rings is 2. The lowest BCUT2D eigenvalue weighted by Crippen LogP contribution is -2.42. The summed E-state index contributed by atoms with van der Waals surface area (Å²) in [5.74, 6) is -1.21. The molecule has 204 valence electrons. The maximum absolute atomic E-state index is 15.0. The molecule has 37 heavy (non-hydrogen) atoms. The predicted molar refractivity (Wildman–Crippen MR) is 142 cm³/mol. The summed E-state index contributed by atoms with van der Waals surface area (Å²) in [7, 11) is 0. The van der Waals surface area contributed by atoms with Crippen LogP contribution in [0, 0.1) is 18.7 Å². The zero-order valence-electron chi connectivity index (χ0n) is 22.3. The molecule has 0 spiro atoms. The molecule has 0 saturated carbocycles. The minimum Gasteiger partial charge on any atom is -0.483 e. The highest BCUT2D eigenvalue weighted by Crippen LogP contribution is 2.33. The number of carbonyl (C=O) groups excluding carboxylic acids is 2. The van der Waals surface area contributed by atoms with Crippen LogP contribution in [-0.4, -0.2) is 52.2 Å². The van der Waals surface area contributed by atoms with Gasteiger partial charge in [-0.25, -0.2) is 9.18 Å². The molecule has 2 aromatic rings. The van der Waals surface area contributed by atoms with Crippen LogP contribution in [0.25, 0.3) is 0 Å². The van der Waals surface area contributed by atoms with Crippen molar-refractivity contribution in [3.05, 3.63) is 69.5 Å². The van der Waals surface area contributed by atoms with Crippen LogP contribution >= 0.6 is 11.6 Å². The topological polar surface area (TPSA) is 104 Å². The van der Waals surface area contributed by atoms with E-state index in [1.165, 1.54) is 6.07 Å². The van der Waals surface area contributed by atoms with Gasteiger partial charge in [0.05, 0.1) is 11.7 Å². The van der Waals surface area contributed by atoms with Crippen LogP contribution in [-0.2, 0) is 9.53 Å². The van der Waals surface area contributed by atoms with Crippen molar-refractivity contribution >= 4 is 29.9 Å². The third-order valence-electron chi connectivity index (χ3n) is 5.62. The lowest BCUT2D eigenvalue weighted by Gasteiger charge is -2.35. The zero-order chi connectivity index (χ0) is 28.3. The minimum absolute atomic E-state index is 0.0111. The van der Waals surface area contributed by atoms with E-state index in [0.29, 0.717) is 47.6 Å². The number of amides is 1. The fourth-order valence-electron chi connectivity index (χ4n) is 3.97. The Bertz CT molecular complexity index is 1020. The molecule has 1 aliphatic heterocycles. The van der Waals surface area contributed by atoms with Gasteiger partial charge in [-0.05, 0) is 87.9 Å². The van der Waals surface area contributed by atoms with Gasteiger partial charge in [-0.1, -0.05) is 31.5 Å². The second-order valence-corrected chi connectivity index (χ2v) is 9.82. The average Bonchev–Trinajstić information content (AvgIpc) is 2.84. The quantitative estimate of drug-likeness (QED) is 0.344. The number of halogens is 2. The molecule has 2 aromatic carbocycles. The number of piperidine rings is 1. The molecule has 0 aromatic heterocycles. The molecule has 1 saturated heterocycles. The summed E-state index contributed by atoms with van der Waals surface area (Å²) in [5.41, 5.74) is 0.670. The first-order valence-corrected chi connectivity index (χ1v) is 12.6. The summed E-state index contributed by atoms with van der Waals surface area (Å²) in [6, 6.07) is 9.20. The van der Waals surface area contributed by atoms with Gasteiger partial charge in [0, 0.05) is 23.7 Å². The molecule has 7 nitrogen and oxygen atoms in total. The molecule has 1 atom stereocenters. The Labute approximate surface area is 223 Å². The van der Waals surface area contributed by atoms with Crippen LogP contribution in [0.15, 0.2) is 36.4 Å². The van der Waals surface area contributed by atoms with Gasteiger partial charge in [0.2, 0.25) is 0 Å². The average molecular weight is 538 g/mol. The smallest absolute Gasteiger partial charge is 0.410 e. The number of carboxylic acid groups (broad SMARTS) is 1. The molecule has 1 fully saturated rings. The maximum Gasteiger partial charge on any atom is 0.410 e. The van der Waals surface area contributed by atoms with Crippen molar-refractivity contribution in [3.8, 4) is 0 Å². The Balaban J connectivity index is 0.00000127. The second-order valence-electron chi connectivity index (χ2n) is 9.39. The Morgan fingerprint density at radius 2 is 1.65 bits per heavy atom. The minimum atomic E-state index is -0.885. The van der Waals surface area contributed by atoms with Crippen molar-refractivity contribution in [1.82, 2.24) is 4.90 Å². The summed E-state index contributed by atoms with van der Waals surface area (Å²) in [6.07, 6.45) is -0.0972. The van der Waals surface area contributed by atoms with Gasteiger partial charge >= 0.3 is 6.09 Å². The highest BCUT2D eigenvalue weighted by atomic mass is 35.5. The molecular formula is C28H37ClFNO6. The van der Waals surface area contributed by atoms with Crippen LogP contribution in [0.1, 0.15) is 80.6 Å². The molecule has 0 aliphatic carbocycles. The summed E-state index contributed by atoms with van der Waals surface area (Å²) in [6.45, 7) is 11.8. The number of aryl methyl sites for hydroxylation is 1. The van der Waals surface area contributed by atoms with Gasteiger partial charge in [-0.3, -0.25) is 9.59 Å². The summed E-state index contributed by atoms with van der Waals surface area (Å²) >= 11 is 5.87. The predicted octanol–water partition coefficient (Wildman–Crippen LogP) is 6.43. The first-order chi connectivity index (χ1) is 17.4. The van der Waals surface area contributed by atoms with Crippen LogP contribution in [0.3, 0.4) is 0 Å². The van der Waals surface area contributed by atoms with E-state index >= 15 is 0 Å². The first-order valence-electron chi connectivity index (χ1n) is 12.2. The van der Waals surface area contributed by atoms with Crippen LogP contribution in [0.4, 0.5) is 9.18 Å². The number of ketones is 1. The van der Waals surface area contributed by atoms with E-state index < -0.39 is 23.3 Å². The van der Waals surface area contributed by atoms with Gasteiger partial charge in [-0.15, -0.1) is 0 Å². The Morgan fingerprint density at radius 3 is 2.11 bits per heavy atom. The monoisotopic (exact) mass is 537 g/mol. The number of likely N-dealkylation sites (tertiary alicyclic amines) is 1. The number of nitrogens with zero attached hydrogens (tertiary/aromatic N) is 1. The van der Waals surface area contributed by atoms with Crippen LogP contribution in [0.5, 0.6) is 0 Å². The number of aliphatic hydroxyl groups excluding tert-OH is 1. The van der Waals surface area contributed by atoms with Crippen molar-refractivity contribution in [2.45, 2.75) is 66.1 Å². The number of hydrogen-bond acceptors (Lipinski definition) is 5. The molecule has 1 amide bonds. The van der Waals surface area contributed by atoms with Gasteiger partial charge in [-0.2, -0.15) is 0 Å². The van der Waals surface area contributed by atoms with E-state index in [1.807, 2.05) is 34.6 Å². The Morgan fingerprint density at radius 1 is 1.14 bits per heavy atom. The van der Waals surface area contributed by atoms with Gasteiger partial charge < -0.3 is 19.8 Å². The molecule has 1 unspecified atom stereocenters. The molecule has 9 heteroatoms. The van der Waals surface area contributed by atoms with Crippen molar-refractivity contribution in [3.63, 3.8) is 0 Å². The SMILES string of the molecule is CC.Cc1cc(C(O)C2CCN(C(=O)OC(C)(C)C)CC2)cc(F)c1C(=O)c1ccc(Cl)cc1.O=CO. The molecular weight excluding hydrogens is 501 g/mol.